The second-order valence-corrected chi connectivity index (χ2v) is 10.5. The summed E-state index contributed by atoms with van der Waals surface area (Å²) in [6.45, 7) is 1.83. The number of aliphatic hydroxyl groups excluding tert-OH is 1. The maximum absolute atomic E-state index is 13.7. The summed E-state index contributed by atoms with van der Waals surface area (Å²) in [7, 11) is -2.55. The van der Waals surface area contributed by atoms with Gasteiger partial charge in [0, 0.05) is 13.1 Å². The van der Waals surface area contributed by atoms with Crippen LogP contribution in [-0.2, 0) is 27.8 Å². The number of hydrogen-bond donors (Lipinski definition) is 3. The van der Waals surface area contributed by atoms with Crippen LogP contribution in [0.3, 0.4) is 0 Å². The number of nitrogens with two attached hydrogens (primary N) is 1. The summed E-state index contributed by atoms with van der Waals surface area (Å²) < 4.78 is 33.6. The number of carbonyl (C=O) groups is 1. The number of sulfonamides is 1. The summed E-state index contributed by atoms with van der Waals surface area (Å²) in [6.07, 6.45) is -0.934. The number of hydrogen-bond acceptors (Lipinski definition) is 6. The van der Waals surface area contributed by atoms with E-state index in [2.05, 4.69) is 5.32 Å². The maximum atomic E-state index is 13.7. The van der Waals surface area contributed by atoms with Crippen molar-refractivity contribution in [1.29, 1.82) is 0 Å². The van der Waals surface area contributed by atoms with E-state index in [4.69, 9.17) is 10.5 Å². The molecule has 3 aromatic rings. The van der Waals surface area contributed by atoms with Crippen molar-refractivity contribution in [2.75, 3.05) is 20.2 Å². The molecule has 0 aliphatic rings. The van der Waals surface area contributed by atoms with Crippen molar-refractivity contribution in [3.8, 4) is 5.75 Å². The SMILES string of the molecule is COc1cccc(CNC[C@@H](O)[C@H](Cc2ccccc2)N(CC(N)=O)S(=O)(=O)c2ccc(C)cc2)c1. The van der Waals surface area contributed by atoms with Crippen LogP contribution in [0, 0.1) is 6.92 Å². The van der Waals surface area contributed by atoms with Crippen molar-refractivity contribution in [3.05, 3.63) is 95.6 Å². The lowest BCUT2D eigenvalue weighted by atomic mass is 10.0. The van der Waals surface area contributed by atoms with Crippen LogP contribution in [0.4, 0.5) is 0 Å². The van der Waals surface area contributed by atoms with Gasteiger partial charge in [0.2, 0.25) is 15.9 Å². The Morgan fingerprint density at radius 2 is 1.69 bits per heavy atom. The van der Waals surface area contributed by atoms with E-state index < -0.39 is 34.6 Å². The number of carbonyl (C=O) groups excluding carboxylic acids is 1. The molecule has 8 nitrogen and oxygen atoms in total. The molecule has 192 valence electrons. The molecule has 4 N–H and O–H groups in total. The predicted molar refractivity (Wildman–Crippen MR) is 139 cm³/mol. The second kappa shape index (κ2) is 12.6. The minimum atomic E-state index is -4.14. The Balaban J connectivity index is 1.89. The Kier molecular flexibility index (Phi) is 9.60. The first kappa shape index (κ1) is 27.3. The van der Waals surface area contributed by atoms with Crippen LogP contribution in [0.1, 0.15) is 16.7 Å². The third-order valence-electron chi connectivity index (χ3n) is 5.86. The molecule has 0 saturated heterocycles. The number of primary amides is 1. The van der Waals surface area contributed by atoms with E-state index in [1.165, 1.54) is 12.1 Å². The van der Waals surface area contributed by atoms with Crippen LogP contribution in [-0.4, -0.2) is 56.1 Å². The second-order valence-electron chi connectivity index (χ2n) is 8.64. The van der Waals surface area contributed by atoms with Crippen LogP contribution in [0.2, 0.25) is 0 Å². The Hall–Kier alpha value is -3.24. The number of benzene rings is 3. The normalized spacial score (nSPS) is 13.3. The maximum Gasteiger partial charge on any atom is 0.243 e. The first-order chi connectivity index (χ1) is 17.2. The number of nitrogens with one attached hydrogen (secondary N) is 1. The Morgan fingerprint density at radius 3 is 2.33 bits per heavy atom. The largest absolute Gasteiger partial charge is 0.497 e. The smallest absolute Gasteiger partial charge is 0.243 e. The molecule has 0 fully saturated rings. The zero-order valence-corrected chi connectivity index (χ0v) is 21.3. The van der Waals surface area contributed by atoms with Gasteiger partial charge in [-0.1, -0.05) is 60.2 Å². The van der Waals surface area contributed by atoms with Gasteiger partial charge >= 0.3 is 0 Å². The molecule has 0 aliphatic carbocycles. The fourth-order valence-electron chi connectivity index (χ4n) is 3.95. The van der Waals surface area contributed by atoms with E-state index >= 15 is 0 Å². The van der Waals surface area contributed by atoms with Crippen molar-refractivity contribution in [3.63, 3.8) is 0 Å². The van der Waals surface area contributed by atoms with Gasteiger partial charge in [-0.2, -0.15) is 4.31 Å². The highest BCUT2D eigenvalue weighted by molar-refractivity contribution is 7.89. The minimum Gasteiger partial charge on any atom is -0.497 e. The number of methoxy groups -OCH3 is 1. The summed E-state index contributed by atoms with van der Waals surface area (Å²) in [4.78, 5) is 12.0. The molecular formula is C27H33N3O5S. The van der Waals surface area contributed by atoms with Crippen LogP contribution in [0.15, 0.2) is 83.8 Å². The lowest BCUT2D eigenvalue weighted by Crippen LogP contribution is -2.53. The van der Waals surface area contributed by atoms with Gasteiger partial charge in [-0.25, -0.2) is 8.42 Å². The molecule has 2 atom stereocenters. The Morgan fingerprint density at radius 1 is 1.03 bits per heavy atom. The zero-order valence-electron chi connectivity index (χ0n) is 20.5. The van der Waals surface area contributed by atoms with Crippen molar-refractivity contribution in [2.45, 2.75) is 36.9 Å². The lowest BCUT2D eigenvalue weighted by Gasteiger charge is -2.33. The molecule has 0 aromatic heterocycles. The van der Waals surface area contributed by atoms with Crippen LogP contribution in [0.5, 0.6) is 5.75 Å². The quantitative estimate of drug-likeness (QED) is 0.324. The number of nitrogens with zero attached hydrogens (tertiary/aromatic N) is 1. The number of ether oxygens (including phenoxy) is 1. The molecule has 0 radical (unpaired) electrons. The summed E-state index contributed by atoms with van der Waals surface area (Å²) in [6, 6.07) is 22.2. The average Bonchev–Trinajstić information content (AvgIpc) is 2.87. The van der Waals surface area contributed by atoms with E-state index in [0.717, 1.165) is 21.0 Å². The van der Waals surface area contributed by atoms with Crippen LogP contribution >= 0.6 is 0 Å². The van der Waals surface area contributed by atoms with E-state index in [0.29, 0.717) is 12.3 Å². The number of aryl methyl sites for hydroxylation is 1. The summed E-state index contributed by atoms with van der Waals surface area (Å²) in [5.41, 5.74) is 8.14. The van der Waals surface area contributed by atoms with Crippen molar-refractivity contribution >= 4 is 15.9 Å². The molecular weight excluding hydrogens is 478 g/mol. The monoisotopic (exact) mass is 511 g/mol. The Labute approximate surface area is 212 Å². The number of rotatable bonds is 13. The molecule has 0 spiro atoms. The van der Waals surface area contributed by atoms with Gasteiger partial charge < -0.3 is 20.9 Å². The molecule has 0 bridgehead atoms. The van der Waals surface area contributed by atoms with Gasteiger partial charge in [0.15, 0.2) is 0 Å². The predicted octanol–water partition coefficient (Wildman–Crippen LogP) is 2.24. The molecule has 9 heteroatoms. The highest BCUT2D eigenvalue weighted by Gasteiger charge is 2.36. The summed E-state index contributed by atoms with van der Waals surface area (Å²) >= 11 is 0. The van der Waals surface area contributed by atoms with Gasteiger partial charge in [0.25, 0.3) is 0 Å². The highest BCUT2D eigenvalue weighted by atomic mass is 32.2. The van der Waals surface area contributed by atoms with Crippen molar-refractivity contribution in [1.82, 2.24) is 9.62 Å². The van der Waals surface area contributed by atoms with Crippen molar-refractivity contribution in [2.24, 2.45) is 5.73 Å². The molecule has 3 rings (SSSR count). The molecule has 0 unspecified atom stereocenters. The first-order valence-electron chi connectivity index (χ1n) is 11.6. The molecule has 1 amide bonds. The van der Waals surface area contributed by atoms with E-state index in [9.17, 15) is 18.3 Å². The van der Waals surface area contributed by atoms with Gasteiger partial charge in [0.05, 0.1) is 30.7 Å². The summed E-state index contributed by atoms with van der Waals surface area (Å²) in [5.74, 6) is -0.0890. The highest BCUT2D eigenvalue weighted by Crippen LogP contribution is 2.23. The molecule has 36 heavy (non-hydrogen) atoms. The van der Waals surface area contributed by atoms with Gasteiger partial charge in [-0.15, -0.1) is 0 Å². The molecule has 0 aliphatic heterocycles. The minimum absolute atomic E-state index is 0.0314. The zero-order chi connectivity index (χ0) is 26.1. The molecule has 0 saturated carbocycles. The number of amides is 1. The third kappa shape index (κ3) is 7.38. The summed E-state index contributed by atoms with van der Waals surface area (Å²) in [5, 5.41) is 14.4. The van der Waals surface area contributed by atoms with Crippen LogP contribution in [0.25, 0.3) is 0 Å². The fraction of sp³-hybridized carbons (Fsp3) is 0.296. The lowest BCUT2D eigenvalue weighted by molar-refractivity contribution is -0.118. The Bertz CT molecular complexity index is 1230. The number of aliphatic hydroxyl groups is 1. The van der Waals surface area contributed by atoms with E-state index in [1.807, 2.05) is 61.5 Å². The molecule has 0 heterocycles. The topological polar surface area (TPSA) is 122 Å². The average molecular weight is 512 g/mol. The van der Waals surface area contributed by atoms with E-state index in [1.54, 1.807) is 19.2 Å². The third-order valence-corrected chi connectivity index (χ3v) is 7.74. The van der Waals surface area contributed by atoms with Gasteiger partial charge in [-0.05, 0) is 48.7 Å². The van der Waals surface area contributed by atoms with Crippen molar-refractivity contribution < 1.29 is 23.1 Å². The van der Waals surface area contributed by atoms with E-state index in [-0.39, 0.29) is 17.9 Å². The van der Waals surface area contributed by atoms with Gasteiger partial charge in [0.1, 0.15) is 5.75 Å². The van der Waals surface area contributed by atoms with Crippen LogP contribution < -0.4 is 15.8 Å². The molecule has 3 aromatic carbocycles. The van der Waals surface area contributed by atoms with Gasteiger partial charge in [-0.3, -0.25) is 4.79 Å². The first-order valence-corrected chi connectivity index (χ1v) is 13.1. The standard InChI is InChI=1S/C27H33N3O5S/c1-20-11-13-24(14-12-20)36(33,34)30(19-27(28)32)25(16-21-7-4-3-5-8-21)26(31)18-29-17-22-9-6-10-23(15-22)35-2/h3-15,25-26,29,31H,16-19H2,1-2H3,(H2,28,32)/t25-,26+/m0/s1. The fourth-order valence-corrected chi connectivity index (χ4v) is 5.57.